The van der Waals surface area contributed by atoms with Gasteiger partial charge in [-0.05, 0) is 6.42 Å². The average Bonchev–Trinajstić information content (AvgIpc) is 2.84. The molecular formula is C17H34O5. The van der Waals surface area contributed by atoms with Crippen LogP contribution in [0.3, 0.4) is 0 Å². The number of aliphatic hydroxyl groups is 3. The maximum absolute atomic E-state index is 9.86. The fraction of sp³-hybridized carbons (Fsp3) is 1.00. The van der Waals surface area contributed by atoms with Crippen molar-refractivity contribution < 1.29 is 24.8 Å². The quantitative estimate of drug-likeness (QED) is 0.453. The molecule has 0 radical (unpaired) electrons. The molecule has 1 fully saturated rings. The van der Waals surface area contributed by atoms with Crippen LogP contribution < -0.4 is 0 Å². The number of aliphatic hydroxyl groups excluding tert-OH is 3. The van der Waals surface area contributed by atoms with E-state index in [1.54, 1.807) is 0 Å². The molecule has 1 rings (SSSR count). The van der Waals surface area contributed by atoms with Crippen LogP contribution >= 0.6 is 0 Å². The lowest BCUT2D eigenvalue weighted by molar-refractivity contribution is -0.0813. The molecule has 0 saturated carbocycles. The Morgan fingerprint density at radius 1 is 1.00 bits per heavy atom. The van der Waals surface area contributed by atoms with Crippen molar-refractivity contribution in [2.24, 2.45) is 0 Å². The van der Waals surface area contributed by atoms with Gasteiger partial charge in [-0.3, -0.25) is 0 Å². The molecule has 0 aromatic rings. The standard InChI is InChI=1S/C17H34O5/c1-2-3-4-5-6-7-8-9-10-11-21-12-15(19)17-16(20)14(18)13-22-17/h14-20H,2-13H2,1H3/t14-,15+,16+,17+/m0/s1. The molecule has 1 heterocycles. The number of ether oxygens (including phenoxy) is 2. The average molecular weight is 318 g/mol. The molecule has 5 nitrogen and oxygen atoms in total. The molecule has 0 aromatic carbocycles. The lowest BCUT2D eigenvalue weighted by Gasteiger charge is -2.20. The van der Waals surface area contributed by atoms with E-state index in [1.807, 2.05) is 0 Å². The molecule has 5 heteroatoms. The first-order chi connectivity index (χ1) is 10.7. The molecule has 1 saturated heterocycles. The third-order valence-electron chi connectivity index (χ3n) is 4.25. The van der Waals surface area contributed by atoms with Gasteiger partial charge >= 0.3 is 0 Å². The van der Waals surface area contributed by atoms with Crippen molar-refractivity contribution in [3.63, 3.8) is 0 Å². The summed E-state index contributed by atoms with van der Waals surface area (Å²) in [5.41, 5.74) is 0. The van der Waals surface area contributed by atoms with E-state index in [0.717, 1.165) is 12.8 Å². The zero-order valence-corrected chi connectivity index (χ0v) is 14.0. The topological polar surface area (TPSA) is 79.2 Å². The van der Waals surface area contributed by atoms with Crippen LogP contribution in [0.2, 0.25) is 0 Å². The van der Waals surface area contributed by atoms with Crippen molar-refractivity contribution in [2.75, 3.05) is 19.8 Å². The Morgan fingerprint density at radius 2 is 1.59 bits per heavy atom. The minimum absolute atomic E-state index is 0.0706. The van der Waals surface area contributed by atoms with Crippen LogP contribution in [0.5, 0.6) is 0 Å². The Labute approximate surface area is 134 Å². The Bertz CT molecular complexity index is 261. The summed E-state index contributed by atoms with van der Waals surface area (Å²) in [4.78, 5) is 0. The molecule has 0 unspecified atom stereocenters. The van der Waals surface area contributed by atoms with Gasteiger partial charge in [0.2, 0.25) is 0 Å². The van der Waals surface area contributed by atoms with Crippen molar-refractivity contribution in [1.82, 2.24) is 0 Å². The monoisotopic (exact) mass is 318 g/mol. The summed E-state index contributed by atoms with van der Waals surface area (Å²) >= 11 is 0. The fourth-order valence-electron chi connectivity index (χ4n) is 2.78. The van der Waals surface area contributed by atoms with Crippen molar-refractivity contribution in [1.29, 1.82) is 0 Å². The minimum atomic E-state index is -1.02. The molecule has 1 aliphatic heterocycles. The maximum atomic E-state index is 9.86. The Balaban J connectivity index is 1.87. The zero-order valence-electron chi connectivity index (χ0n) is 14.0. The zero-order chi connectivity index (χ0) is 16.2. The summed E-state index contributed by atoms with van der Waals surface area (Å²) in [6.07, 6.45) is 7.85. The summed E-state index contributed by atoms with van der Waals surface area (Å²) in [6.45, 7) is 3.07. The van der Waals surface area contributed by atoms with Gasteiger partial charge in [-0.25, -0.2) is 0 Å². The first-order valence-electron chi connectivity index (χ1n) is 8.90. The number of hydrogen-bond acceptors (Lipinski definition) is 5. The largest absolute Gasteiger partial charge is 0.388 e. The number of unbranched alkanes of at least 4 members (excludes halogenated alkanes) is 8. The Kier molecular flexibility index (Phi) is 11.1. The van der Waals surface area contributed by atoms with E-state index >= 15 is 0 Å². The molecule has 0 aliphatic carbocycles. The molecule has 4 atom stereocenters. The highest BCUT2D eigenvalue weighted by Gasteiger charge is 2.39. The van der Waals surface area contributed by atoms with Crippen LogP contribution in [0, 0.1) is 0 Å². The summed E-state index contributed by atoms with van der Waals surface area (Å²) in [5.74, 6) is 0. The molecule has 0 aromatic heterocycles. The maximum Gasteiger partial charge on any atom is 0.114 e. The molecule has 0 amide bonds. The lowest BCUT2D eigenvalue weighted by Crippen LogP contribution is -2.40. The molecule has 0 spiro atoms. The third kappa shape index (κ3) is 7.88. The minimum Gasteiger partial charge on any atom is -0.388 e. The summed E-state index contributed by atoms with van der Waals surface area (Å²) in [6, 6.07) is 0. The Hall–Kier alpha value is -0.200. The van der Waals surface area contributed by atoms with Gasteiger partial charge in [-0.2, -0.15) is 0 Å². The van der Waals surface area contributed by atoms with Crippen LogP contribution in [-0.2, 0) is 9.47 Å². The predicted octanol–water partition coefficient (Wildman–Crippen LogP) is 2.02. The highest BCUT2D eigenvalue weighted by atomic mass is 16.5. The van der Waals surface area contributed by atoms with Gasteiger partial charge in [-0.1, -0.05) is 58.3 Å². The van der Waals surface area contributed by atoms with Gasteiger partial charge < -0.3 is 24.8 Å². The van der Waals surface area contributed by atoms with Crippen LogP contribution in [0.1, 0.15) is 64.7 Å². The van der Waals surface area contributed by atoms with E-state index in [9.17, 15) is 15.3 Å². The van der Waals surface area contributed by atoms with Crippen LogP contribution in [0.25, 0.3) is 0 Å². The molecule has 0 bridgehead atoms. The second-order valence-corrected chi connectivity index (χ2v) is 6.33. The van der Waals surface area contributed by atoms with Gasteiger partial charge in [0.25, 0.3) is 0 Å². The highest BCUT2D eigenvalue weighted by Crippen LogP contribution is 2.18. The van der Waals surface area contributed by atoms with Crippen LogP contribution in [0.15, 0.2) is 0 Å². The van der Waals surface area contributed by atoms with Gasteiger partial charge in [0, 0.05) is 6.61 Å². The van der Waals surface area contributed by atoms with Crippen LogP contribution in [-0.4, -0.2) is 59.6 Å². The fourth-order valence-corrected chi connectivity index (χ4v) is 2.78. The van der Waals surface area contributed by atoms with Crippen molar-refractivity contribution in [3.05, 3.63) is 0 Å². The second-order valence-electron chi connectivity index (χ2n) is 6.33. The van der Waals surface area contributed by atoms with Crippen molar-refractivity contribution >= 4 is 0 Å². The van der Waals surface area contributed by atoms with E-state index in [4.69, 9.17) is 9.47 Å². The SMILES string of the molecule is CCCCCCCCCCCOC[C@@H](O)[C@H]1OC[C@H](O)[C@H]1O. The van der Waals surface area contributed by atoms with E-state index in [1.165, 1.54) is 44.9 Å². The molecular weight excluding hydrogens is 284 g/mol. The van der Waals surface area contributed by atoms with Crippen molar-refractivity contribution in [2.45, 2.75) is 89.1 Å². The van der Waals surface area contributed by atoms with Crippen LogP contribution in [0.4, 0.5) is 0 Å². The van der Waals surface area contributed by atoms with E-state index in [0.29, 0.717) is 6.61 Å². The molecule has 1 aliphatic rings. The summed E-state index contributed by atoms with van der Waals surface area (Å²) < 4.78 is 10.6. The first-order valence-corrected chi connectivity index (χ1v) is 8.90. The van der Waals surface area contributed by atoms with Gasteiger partial charge in [0.05, 0.1) is 13.2 Å². The van der Waals surface area contributed by atoms with Crippen molar-refractivity contribution in [3.8, 4) is 0 Å². The first kappa shape index (κ1) is 19.8. The lowest BCUT2D eigenvalue weighted by atomic mass is 10.1. The third-order valence-corrected chi connectivity index (χ3v) is 4.25. The van der Waals surface area contributed by atoms with Gasteiger partial charge in [0.1, 0.15) is 24.4 Å². The predicted molar refractivity (Wildman–Crippen MR) is 85.8 cm³/mol. The van der Waals surface area contributed by atoms with Gasteiger partial charge in [0.15, 0.2) is 0 Å². The van der Waals surface area contributed by atoms with E-state index in [-0.39, 0.29) is 13.2 Å². The number of rotatable bonds is 13. The normalized spacial score (nSPS) is 26.5. The second kappa shape index (κ2) is 12.3. The summed E-state index contributed by atoms with van der Waals surface area (Å²) in [7, 11) is 0. The van der Waals surface area contributed by atoms with E-state index < -0.39 is 24.4 Å². The summed E-state index contributed by atoms with van der Waals surface area (Å²) in [5, 5.41) is 28.8. The Morgan fingerprint density at radius 3 is 2.14 bits per heavy atom. The number of hydrogen-bond donors (Lipinski definition) is 3. The molecule has 22 heavy (non-hydrogen) atoms. The smallest absolute Gasteiger partial charge is 0.114 e. The van der Waals surface area contributed by atoms with Gasteiger partial charge in [-0.15, -0.1) is 0 Å². The highest BCUT2D eigenvalue weighted by molar-refractivity contribution is 4.87. The molecule has 3 N–H and O–H groups in total. The molecule has 132 valence electrons. The van der Waals surface area contributed by atoms with E-state index in [2.05, 4.69) is 6.92 Å².